The van der Waals surface area contributed by atoms with E-state index in [1.54, 1.807) is 12.3 Å². The number of allylic oxidation sites excluding steroid dienone is 2. The van der Waals surface area contributed by atoms with Crippen LogP contribution in [0.25, 0.3) is 11.1 Å². The van der Waals surface area contributed by atoms with E-state index < -0.39 is 5.56 Å². The third-order valence-corrected chi connectivity index (χ3v) is 6.85. The number of nitrogens with zero attached hydrogens (tertiary/aromatic N) is 2. The lowest BCUT2D eigenvalue weighted by Gasteiger charge is -2.17. The number of hydrogen-bond donors (Lipinski definition) is 1. The van der Waals surface area contributed by atoms with Crippen LogP contribution in [-0.2, 0) is 13.2 Å². The van der Waals surface area contributed by atoms with E-state index in [4.69, 9.17) is 26.3 Å². The summed E-state index contributed by atoms with van der Waals surface area (Å²) in [5.74, 6) is 1.04. The monoisotopic (exact) mass is 573 g/mol. The largest absolute Gasteiger partial charge is 0.472 e. The summed E-state index contributed by atoms with van der Waals surface area (Å²) >= 11 is 10.4. The van der Waals surface area contributed by atoms with Crippen LogP contribution >= 0.6 is 27.5 Å². The minimum absolute atomic E-state index is 0.316. The van der Waals surface area contributed by atoms with Crippen LogP contribution in [0.4, 0.5) is 0 Å². The molecule has 1 N–H and O–H groups in total. The fourth-order valence-electron chi connectivity index (χ4n) is 3.63. The third kappa shape index (κ3) is 7.13. The van der Waals surface area contributed by atoms with Crippen LogP contribution in [-0.4, -0.2) is 4.98 Å². The van der Waals surface area contributed by atoms with E-state index in [0.717, 1.165) is 32.4 Å². The van der Waals surface area contributed by atoms with Gasteiger partial charge in [0.1, 0.15) is 12.4 Å². The zero-order valence-corrected chi connectivity index (χ0v) is 22.5. The van der Waals surface area contributed by atoms with Gasteiger partial charge in [0.05, 0.1) is 11.6 Å². The predicted octanol–water partition coefficient (Wildman–Crippen LogP) is 7.92. The van der Waals surface area contributed by atoms with Crippen LogP contribution in [0, 0.1) is 11.3 Å². The summed E-state index contributed by atoms with van der Waals surface area (Å²) in [6.45, 7) is 2.78. The van der Waals surface area contributed by atoms with Gasteiger partial charge < -0.3 is 14.8 Å². The second-order valence-electron chi connectivity index (χ2n) is 8.22. The van der Waals surface area contributed by atoms with Gasteiger partial charge in [-0.05, 0) is 63.8 Å². The summed E-state index contributed by atoms with van der Waals surface area (Å²) in [5.41, 5.74) is 4.93. The Morgan fingerprint density at radius 3 is 2.59 bits per heavy atom. The molecule has 0 amide bonds. The SMILES string of the molecule is C/C(=C\C#N)NCc1ccc(OC(Cl)c2cccnc2OCc2cccc(-c3ccccc3)c2Br)cc1. The molecular weight excluding hydrogens is 550 g/mol. The zero-order chi connectivity index (χ0) is 26.0. The maximum atomic E-state index is 8.71. The molecule has 1 unspecified atom stereocenters. The molecule has 0 aliphatic heterocycles. The highest BCUT2D eigenvalue weighted by molar-refractivity contribution is 9.10. The molecule has 37 heavy (non-hydrogen) atoms. The van der Waals surface area contributed by atoms with E-state index in [0.29, 0.717) is 30.3 Å². The lowest BCUT2D eigenvalue weighted by Crippen LogP contribution is -2.10. The Hall–Kier alpha value is -3.79. The Labute approximate surface area is 230 Å². The Balaban J connectivity index is 1.42. The van der Waals surface area contributed by atoms with Crippen LogP contribution in [0.1, 0.15) is 29.2 Å². The molecule has 4 aromatic rings. The molecule has 5 nitrogen and oxygen atoms in total. The van der Waals surface area contributed by atoms with Gasteiger partial charge in [-0.3, -0.25) is 0 Å². The molecule has 0 spiro atoms. The lowest BCUT2D eigenvalue weighted by molar-refractivity contribution is 0.256. The number of nitrogens with one attached hydrogen (secondary N) is 1. The fraction of sp³-hybridized carbons (Fsp3) is 0.133. The van der Waals surface area contributed by atoms with Crippen molar-refractivity contribution < 1.29 is 9.47 Å². The smallest absolute Gasteiger partial charge is 0.221 e. The normalized spacial score (nSPS) is 11.9. The predicted molar refractivity (Wildman–Crippen MR) is 150 cm³/mol. The minimum atomic E-state index is -0.785. The van der Waals surface area contributed by atoms with Crippen molar-refractivity contribution in [1.82, 2.24) is 10.3 Å². The molecule has 0 fully saturated rings. The maximum Gasteiger partial charge on any atom is 0.221 e. The Morgan fingerprint density at radius 1 is 1.05 bits per heavy atom. The number of alkyl halides is 1. The van der Waals surface area contributed by atoms with E-state index in [-0.39, 0.29) is 0 Å². The first-order valence-electron chi connectivity index (χ1n) is 11.7. The average molecular weight is 575 g/mol. The van der Waals surface area contributed by atoms with Gasteiger partial charge in [-0.15, -0.1) is 0 Å². The molecule has 1 heterocycles. The fourth-order valence-corrected chi connectivity index (χ4v) is 4.51. The highest BCUT2D eigenvalue weighted by atomic mass is 79.9. The molecule has 3 aromatic carbocycles. The van der Waals surface area contributed by atoms with E-state index >= 15 is 0 Å². The molecule has 186 valence electrons. The quantitative estimate of drug-likeness (QED) is 0.154. The van der Waals surface area contributed by atoms with Crippen LogP contribution in [0.3, 0.4) is 0 Å². The highest BCUT2D eigenvalue weighted by Gasteiger charge is 2.17. The van der Waals surface area contributed by atoms with E-state index in [1.807, 2.05) is 73.7 Å². The minimum Gasteiger partial charge on any atom is -0.472 e. The number of ether oxygens (including phenoxy) is 2. The zero-order valence-electron chi connectivity index (χ0n) is 20.2. The van der Waals surface area contributed by atoms with Crippen molar-refractivity contribution in [2.24, 2.45) is 0 Å². The van der Waals surface area contributed by atoms with Crippen molar-refractivity contribution in [2.45, 2.75) is 25.6 Å². The second-order valence-corrected chi connectivity index (χ2v) is 9.41. The summed E-state index contributed by atoms with van der Waals surface area (Å²) < 4.78 is 13.1. The van der Waals surface area contributed by atoms with Gasteiger partial charge in [0, 0.05) is 34.6 Å². The van der Waals surface area contributed by atoms with Crippen LogP contribution in [0.2, 0.25) is 0 Å². The number of hydrogen-bond acceptors (Lipinski definition) is 5. The van der Waals surface area contributed by atoms with Crippen LogP contribution in [0.15, 0.2) is 107 Å². The first-order chi connectivity index (χ1) is 18.0. The topological polar surface area (TPSA) is 67.2 Å². The number of nitriles is 1. The molecule has 0 aliphatic carbocycles. The van der Waals surface area contributed by atoms with Crippen molar-refractivity contribution in [3.05, 3.63) is 124 Å². The number of pyridine rings is 1. The number of rotatable bonds is 10. The molecule has 0 saturated heterocycles. The van der Waals surface area contributed by atoms with Gasteiger partial charge in [-0.2, -0.15) is 5.26 Å². The molecule has 0 radical (unpaired) electrons. The van der Waals surface area contributed by atoms with Crippen molar-refractivity contribution in [2.75, 3.05) is 0 Å². The highest BCUT2D eigenvalue weighted by Crippen LogP contribution is 2.34. The summed E-state index contributed by atoms with van der Waals surface area (Å²) in [5, 5.41) is 11.9. The van der Waals surface area contributed by atoms with E-state index in [1.165, 1.54) is 6.08 Å². The van der Waals surface area contributed by atoms with Gasteiger partial charge >= 0.3 is 0 Å². The number of benzene rings is 3. The Bertz CT molecular complexity index is 1400. The van der Waals surface area contributed by atoms with Gasteiger partial charge in [-0.1, -0.05) is 72.3 Å². The molecule has 0 aliphatic rings. The molecule has 7 heteroatoms. The molecule has 0 bridgehead atoms. The van der Waals surface area contributed by atoms with E-state index in [9.17, 15) is 0 Å². The van der Waals surface area contributed by atoms with Crippen molar-refractivity contribution in [3.63, 3.8) is 0 Å². The van der Waals surface area contributed by atoms with Crippen molar-refractivity contribution in [1.29, 1.82) is 5.26 Å². The third-order valence-electron chi connectivity index (χ3n) is 5.59. The maximum absolute atomic E-state index is 8.71. The van der Waals surface area contributed by atoms with Crippen molar-refractivity contribution in [3.8, 4) is 28.8 Å². The Morgan fingerprint density at radius 2 is 1.84 bits per heavy atom. The van der Waals surface area contributed by atoms with Gasteiger partial charge in [0.15, 0.2) is 0 Å². The molecule has 4 rings (SSSR count). The Kier molecular flexibility index (Phi) is 9.20. The molecule has 0 saturated carbocycles. The molecular formula is C30H25BrClN3O2. The molecule has 1 aromatic heterocycles. The standard InChI is InChI=1S/C30H25BrClN3O2/c1-21(16-17-33)35-19-22-12-14-25(15-13-22)37-29(32)27-11-6-18-34-30(27)36-20-24-9-5-10-26(28(24)31)23-7-3-2-4-8-23/h2-16,18,29,35H,19-20H2,1H3/b21-16+. The summed E-state index contributed by atoms with van der Waals surface area (Å²) in [4.78, 5) is 4.40. The average Bonchev–Trinajstić information content (AvgIpc) is 2.93. The van der Waals surface area contributed by atoms with Gasteiger partial charge in [0.2, 0.25) is 11.4 Å². The summed E-state index contributed by atoms with van der Waals surface area (Å²) in [6, 6.07) is 29.6. The second kappa shape index (κ2) is 13.0. The first-order valence-corrected chi connectivity index (χ1v) is 12.9. The van der Waals surface area contributed by atoms with Crippen LogP contribution in [0.5, 0.6) is 11.6 Å². The number of halogens is 2. The number of aromatic nitrogens is 1. The first kappa shape index (κ1) is 26.3. The van der Waals surface area contributed by atoms with E-state index in [2.05, 4.69) is 44.4 Å². The van der Waals surface area contributed by atoms with Gasteiger partial charge in [0.25, 0.3) is 0 Å². The summed E-state index contributed by atoms with van der Waals surface area (Å²) in [6.07, 6.45) is 3.14. The lowest BCUT2D eigenvalue weighted by atomic mass is 10.0. The van der Waals surface area contributed by atoms with Gasteiger partial charge in [-0.25, -0.2) is 4.98 Å². The van der Waals surface area contributed by atoms with Crippen molar-refractivity contribution >= 4 is 27.5 Å². The molecule has 1 atom stereocenters. The van der Waals surface area contributed by atoms with Crippen LogP contribution < -0.4 is 14.8 Å². The summed E-state index contributed by atoms with van der Waals surface area (Å²) in [7, 11) is 0.